The van der Waals surface area contributed by atoms with Gasteiger partial charge in [-0.1, -0.05) is 57.0 Å². The van der Waals surface area contributed by atoms with Crippen LogP contribution in [-0.2, 0) is 0 Å². The number of likely N-dealkylation sites (tertiary alicyclic amines) is 1. The van der Waals surface area contributed by atoms with Gasteiger partial charge in [0, 0.05) is 29.8 Å². The first-order valence-electron chi connectivity index (χ1n) is 14.4. The minimum absolute atomic E-state index is 0.0854. The lowest BCUT2D eigenvalue weighted by atomic mass is 9.45. The van der Waals surface area contributed by atoms with Gasteiger partial charge in [-0.05, 0) is 73.7 Å². The highest BCUT2D eigenvalue weighted by molar-refractivity contribution is 6.01. The summed E-state index contributed by atoms with van der Waals surface area (Å²) >= 11 is 0. The van der Waals surface area contributed by atoms with E-state index in [0.717, 1.165) is 43.2 Å². The standard InChI is InChI=1S/C30H38N6O2/c1-18-23-15-20(30(23,2)3)16-24(18)32-28(37)22-12-6-5-11-21(22)27-26(17-31)36(34-33-27)29(38)35-14-8-10-19-9-4-7-13-25(19)35/h5-6,11-12,18-20,23-25H,4,7-10,13-16H2,1-3H3,(H,32,37)/t18-,19?,20-,23+,24-,25?/m1/s1. The Labute approximate surface area is 224 Å². The molecule has 7 rings (SSSR count). The van der Waals surface area contributed by atoms with Gasteiger partial charge in [0.15, 0.2) is 5.69 Å². The van der Waals surface area contributed by atoms with Crippen LogP contribution in [0.5, 0.6) is 0 Å². The number of carbonyl (C=O) groups excluding carboxylic acids is 2. The third-order valence-electron chi connectivity index (χ3n) is 10.5. The maximum atomic E-state index is 13.6. The van der Waals surface area contributed by atoms with Crippen LogP contribution >= 0.6 is 0 Å². The van der Waals surface area contributed by atoms with Gasteiger partial charge in [-0.25, -0.2) is 4.79 Å². The molecule has 0 radical (unpaired) electrons. The van der Waals surface area contributed by atoms with Gasteiger partial charge >= 0.3 is 6.03 Å². The lowest BCUT2D eigenvalue weighted by Gasteiger charge is -2.62. The van der Waals surface area contributed by atoms with E-state index in [1.54, 1.807) is 12.1 Å². The van der Waals surface area contributed by atoms with E-state index < -0.39 is 0 Å². The van der Waals surface area contributed by atoms with Gasteiger partial charge in [0.2, 0.25) is 0 Å². The first-order chi connectivity index (χ1) is 18.3. The number of carbonyl (C=O) groups is 2. The van der Waals surface area contributed by atoms with Gasteiger partial charge in [0.25, 0.3) is 5.91 Å². The smallest absolute Gasteiger partial charge is 0.347 e. The summed E-state index contributed by atoms with van der Waals surface area (Å²) in [6.07, 6.45) is 8.87. The number of hydrogen-bond donors (Lipinski definition) is 1. The molecule has 1 aliphatic heterocycles. The van der Waals surface area contributed by atoms with Crippen molar-refractivity contribution in [3.8, 4) is 17.3 Å². The van der Waals surface area contributed by atoms with Gasteiger partial charge in [0.05, 0.1) is 0 Å². The summed E-state index contributed by atoms with van der Waals surface area (Å²) in [4.78, 5) is 29.1. The van der Waals surface area contributed by atoms with E-state index in [0.29, 0.717) is 46.8 Å². The molecule has 4 saturated carbocycles. The van der Waals surface area contributed by atoms with Crippen LogP contribution < -0.4 is 5.32 Å². The van der Waals surface area contributed by atoms with E-state index in [1.807, 2.05) is 17.0 Å². The molecule has 1 aromatic heterocycles. The van der Waals surface area contributed by atoms with Crippen LogP contribution in [0.15, 0.2) is 24.3 Å². The minimum Gasteiger partial charge on any atom is -0.349 e. The average Bonchev–Trinajstić information content (AvgIpc) is 3.37. The normalized spacial score (nSPS) is 31.5. The molecule has 200 valence electrons. The van der Waals surface area contributed by atoms with Crippen LogP contribution in [0, 0.1) is 40.4 Å². The van der Waals surface area contributed by atoms with Crippen molar-refractivity contribution in [2.75, 3.05) is 6.54 Å². The van der Waals surface area contributed by atoms with Crippen LogP contribution in [-0.4, -0.2) is 50.5 Å². The molecule has 8 nitrogen and oxygen atoms in total. The molecule has 5 fully saturated rings. The van der Waals surface area contributed by atoms with Crippen LogP contribution in [0.1, 0.15) is 88.2 Å². The van der Waals surface area contributed by atoms with Crippen molar-refractivity contribution in [1.29, 1.82) is 5.26 Å². The van der Waals surface area contributed by atoms with Gasteiger partial charge in [0.1, 0.15) is 11.8 Å². The third-order valence-corrected chi connectivity index (χ3v) is 10.5. The summed E-state index contributed by atoms with van der Waals surface area (Å²) in [6, 6.07) is 9.42. The molecule has 38 heavy (non-hydrogen) atoms. The summed E-state index contributed by atoms with van der Waals surface area (Å²) in [6.45, 7) is 7.63. The minimum atomic E-state index is -0.281. The Bertz CT molecular complexity index is 1290. The first-order valence-corrected chi connectivity index (χ1v) is 14.4. The van der Waals surface area contributed by atoms with Crippen LogP contribution in [0.25, 0.3) is 11.3 Å². The van der Waals surface area contributed by atoms with Gasteiger partial charge in [-0.15, -0.1) is 5.10 Å². The second kappa shape index (κ2) is 9.52. The molecule has 0 spiro atoms. The first kappa shape index (κ1) is 25.1. The Balaban J connectivity index is 1.26. The Hall–Kier alpha value is -3.21. The van der Waals surface area contributed by atoms with Crippen molar-refractivity contribution < 1.29 is 9.59 Å². The number of fused-ring (bicyclic) bond motifs is 3. The molecule has 1 saturated heterocycles. The van der Waals surface area contributed by atoms with Gasteiger partial charge in [-0.2, -0.15) is 9.94 Å². The topological polar surface area (TPSA) is 104 Å². The van der Waals surface area contributed by atoms with E-state index in [9.17, 15) is 14.9 Å². The van der Waals surface area contributed by atoms with Crippen molar-refractivity contribution in [3.63, 3.8) is 0 Å². The van der Waals surface area contributed by atoms with Crippen LogP contribution in [0.3, 0.4) is 0 Å². The second-order valence-corrected chi connectivity index (χ2v) is 12.6. The Morgan fingerprint density at radius 3 is 2.63 bits per heavy atom. The highest BCUT2D eigenvalue weighted by Gasteiger charge is 2.56. The highest BCUT2D eigenvalue weighted by atomic mass is 16.2. The number of benzene rings is 1. The zero-order chi connectivity index (χ0) is 26.6. The fraction of sp³-hybridized carbons (Fsp3) is 0.633. The number of nitriles is 1. The maximum Gasteiger partial charge on any atom is 0.347 e. The maximum absolute atomic E-state index is 13.6. The molecular formula is C30H38N6O2. The highest BCUT2D eigenvalue weighted by Crippen LogP contribution is 2.61. The van der Waals surface area contributed by atoms with E-state index in [1.165, 1.54) is 12.8 Å². The number of piperidine rings is 1. The van der Waals surface area contributed by atoms with Crippen LogP contribution in [0.2, 0.25) is 0 Å². The molecule has 2 aromatic rings. The zero-order valence-electron chi connectivity index (χ0n) is 22.7. The summed E-state index contributed by atoms with van der Waals surface area (Å²) in [5, 5.41) is 21.8. The monoisotopic (exact) mass is 514 g/mol. The van der Waals surface area contributed by atoms with Crippen LogP contribution in [0.4, 0.5) is 4.79 Å². The quantitative estimate of drug-likeness (QED) is 0.603. The average molecular weight is 515 g/mol. The number of rotatable bonds is 3. The molecule has 1 aromatic carbocycles. The Morgan fingerprint density at radius 2 is 1.87 bits per heavy atom. The number of nitrogens with one attached hydrogen (secondary N) is 1. The molecule has 2 unspecified atom stereocenters. The number of amides is 2. The Morgan fingerprint density at radius 1 is 1.11 bits per heavy atom. The van der Waals surface area contributed by atoms with Crippen molar-refractivity contribution in [2.24, 2.45) is 29.1 Å². The SMILES string of the molecule is C[C@H]1[C@H](NC(=O)c2ccccc2-c2nnn(C(=O)N3CCCC4CCCCC43)c2C#N)C[C@H]2C[C@@H]1C2(C)C. The molecule has 1 N–H and O–H groups in total. The zero-order valence-corrected chi connectivity index (χ0v) is 22.7. The van der Waals surface area contributed by atoms with E-state index in [4.69, 9.17) is 0 Å². The molecule has 2 bridgehead atoms. The molecule has 4 aliphatic carbocycles. The Kier molecular flexibility index (Phi) is 6.28. The number of aromatic nitrogens is 3. The molecule has 2 amide bonds. The summed E-state index contributed by atoms with van der Waals surface area (Å²) < 4.78 is 1.15. The molecular weight excluding hydrogens is 476 g/mol. The number of hydrogen-bond acceptors (Lipinski definition) is 5. The predicted octanol–water partition coefficient (Wildman–Crippen LogP) is 5.24. The third kappa shape index (κ3) is 3.93. The van der Waals surface area contributed by atoms with Crippen molar-refractivity contribution in [2.45, 2.75) is 84.2 Å². The van der Waals surface area contributed by atoms with E-state index in [-0.39, 0.29) is 35.4 Å². The molecule has 2 heterocycles. The number of nitrogens with zero attached hydrogens (tertiary/aromatic N) is 5. The summed E-state index contributed by atoms with van der Waals surface area (Å²) in [5.41, 5.74) is 1.70. The fourth-order valence-electron chi connectivity index (χ4n) is 8.16. The van der Waals surface area contributed by atoms with Gasteiger partial charge < -0.3 is 10.2 Å². The van der Waals surface area contributed by atoms with Crippen molar-refractivity contribution in [3.05, 3.63) is 35.5 Å². The lowest BCUT2D eigenvalue weighted by Crippen LogP contribution is -2.60. The molecule has 6 atom stereocenters. The summed E-state index contributed by atoms with van der Waals surface area (Å²) in [5.74, 6) is 2.03. The predicted molar refractivity (Wildman–Crippen MR) is 143 cm³/mol. The van der Waals surface area contributed by atoms with Gasteiger partial charge in [-0.3, -0.25) is 4.79 Å². The van der Waals surface area contributed by atoms with Crippen molar-refractivity contribution in [1.82, 2.24) is 25.2 Å². The molecule has 5 aliphatic rings. The fourth-order valence-corrected chi connectivity index (χ4v) is 8.16. The summed E-state index contributed by atoms with van der Waals surface area (Å²) in [7, 11) is 0. The largest absolute Gasteiger partial charge is 0.349 e. The van der Waals surface area contributed by atoms with Crippen molar-refractivity contribution >= 4 is 11.9 Å². The van der Waals surface area contributed by atoms with E-state index in [2.05, 4.69) is 42.5 Å². The van der Waals surface area contributed by atoms with E-state index >= 15 is 0 Å². The lowest BCUT2D eigenvalue weighted by molar-refractivity contribution is -0.113. The molecule has 8 heteroatoms. The second-order valence-electron chi connectivity index (χ2n) is 12.6.